The zero-order valence-electron chi connectivity index (χ0n) is 14.7. The molecule has 0 atom stereocenters. The summed E-state index contributed by atoms with van der Waals surface area (Å²) < 4.78 is 1.83. The Morgan fingerprint density at radius 3 is 2.64 bits per heavy atom. The first-order chi connectivity index (χ1) is 11.6. The molecule has 136 valence electrons. The van der Waals surface area contributed by atoms with E-state index in [0.717, 1.165) is 25.9 Å². The molecule has 7 heteroatoms. The second-order valence-electron chi connectivity index (χ2n) is 7.00. The van der Waals surface area contributed by atoms with Crippen molar-refractivity contribution in [3.8, 4) is 0 Å². The second kappa shape index (κ2) is 8.45. The number of hydrogen-bond donors (Lipinski definition) is 2. The molecule has 0 radical (unpaired) electrons. The molecule has 2 aromatic rings. The number of rotatable bonds is 5. The van der Waals surface area contributed by atoms with Crippen LogP contribution < -0.4 is 10.6 Å². The van der Waals surface area contributed by atoms with Gasteiger partial charge in [-0.15, -0.1) is 17.5 Å². The van der Waals surface area contributed by atoms with Crippen LogP contribution in [-0.2, 0) is 5.41 Å². The van der Waals surface area contributed by atoms with Crippen LogP contribution in [0.1, 0.15) is 48.8 Å². The summed E-state index contributed by atoms with van der Waals surface area (Å²) in [5.41, 5.74) is 1.45. The lowest BCUT2D eigenvalue weighted by Gasteiger charge is -2.25. The van der Waals surface area contributed by atoms with Gasteiger partial charge in [0, 0.05) is 12.0 Å². The van der Waals surface area contributed by atoms with E-state index in [1.54, 1.807) is 6.20 Å². The molecule has 2 heterocycles. The molecule has 1 saturated heterocycles. The van der Waals surface area contributed by atoms with Crippen molar-refractivity contribution in [2.75, 3.05) is 19.6 Å². The van der Waals surface area contributed by atoms with Crippen LogP contribution in [-0.4, -0.2) is 40.5 Å². The molecular weight excluding hydrogens is 338 g/mol. The number of halogens is 1. The number of carbonyl (C=O) groups excluding carboxylic acids is 1. The third-order valence-corrected chi connectivity index (χ3v) is 4.67. The fraction of sp³-hybridized carbons (Fsp3) is 0.500. The van der Waals surface area contributed by atoms with E-state index in [1.807, 2.05) is 22.9 Å². The molecule has 1 fully saturated rings. The molecule has 1 amide bonds. The van der Waals surface area contributed by atoms with Gasteiger partial charge in [-0.2, -0.15) is 0 Å². The van der Waals surface area contributed by atoms with Crippen molar-refractivity contribution in [2.45, 2.75) is 38.1 Å². The maximum atomic E-state index is 12.4. The minimum Gasteiger partial charge on any atom is -0.350 e. The Morgan fingerprint density at radius 1 is 1.28 bits per heavy atom. The van der Waals surface area contributed by atoms with E-state index in [1.165, 1.54) is 5.56 Å². The van der Waals surface area contributed by atoms with Gasteiger partial charge < -0.3 is 10.6 Å². The first kappa shape index (κ1) is 19.4. The zero-order chi connectivity index (χ0) is 17.0. The Kier molecular flexibility index (Phi) is 6.56. The molecular formula is C18H26ClN5O. The molecule has 6 nitrogen and oxygen atoms in total. The van der Waals surface area contributed by atoms with Crippen LogP contribution in [0.5, 0.6) is 0 Å². The van der Waals surface area contributed by atoms with Crippen molar-refractivity contribution in [3.63, 3.8) is 0 Å². The molecule has 3 rings (SSSR count). The minimum atomic E-state index is -0.167. The molecule has 1 aromatic carbocycles. The highest BCUT2D eigenvalue weighted by atomic mass is 35.5. The average molecular weight is 364 g/mol. The zero-order valence-corrected chi connectivity index (χ0v) is 15.6. The Morgan fingerprint density at radius 2 is 1.96 bits per heavy atom. The van der Waals surface area contributed by atoms with E-state index in [2.05, 4.69) is 46.9 Å². The third-order valence-electron chi connectivity index (χ3n) is 4.67. The normalized spacial score (nSPS) is 15.4. The SMILES string of the molecule is CC(C)(CNC(=O)c1cn(C2CCNCC2)nn1)c1ccccc1.Cl. The number of nitrogens with one attached hydrogen (secondary N) is 2. The predicted octanol–water partition coefficient (Wildman–Crippen LogP) is 2.33. The van der Waals surface area contributed by atoms with Crippen LogP contribution in [0, 0.1) is 0 Å². The van der Waals surface area contributed by atoms with E-state index in [-0.39, 0.29) is 23.7 Å². The number of aromatic nitrogens is 3. The van der Waals surface area contributed by atoms with Gasteiger partial charge in [0.05, 0.1) is 12.2 Å². The van der Waals surface area contributed by atoms with E-state index in [4.69, 9.17) is 0 Å². The monoisotopic (exact) mass is 363 g/mol. The van der Waals surface area contributed by atoms with Gasteiger partial charge in [-0.1, -0.05) is 49.4 Å². The van der Waals surface area contributed by atoms with Crippen molar-refractivity contribution in [2.24, 2.45) is 0 Å². The summed E-state index contributed by atoms with van der Waals surface area (Å²) in [6, 6.07) is 10.5. The van der Waals surface area contributed by atoms with Gasteiger partial charge in [-0.05, 0) is 31.5 Å². The van der Waals surface area contributed by atoms with E-state index < -0.39 is 0 Å². The maximum absolute atomic E-state index is 12.4. The summed E-state index contributed by atoms with van der Waals surface area (Å²) in [6.07, 6.45) is 3.80. The Balaban J connectivity index is 0.00000225. The van der Waals surface area contributed by atoms with Crippen LogP contribution in [0.25, 0.3) is 0 Å². The molecule has 0 bridgehead atoms. The summed E-state index contributed by atoms with van der Waals surface area (Å²) in [4.78, 5) is 12.4. The van der Waals surface area contributed by atoms with E-state index >= 15 is 0 Å². The van der Waals surface area contributed by atoms with Crippen molar-refractivity contribution in [1.82, 2.24) is 25.6 Å². The highest BCUT2D eigenvalue weighted by Crippen LogP contribution is 2.22. The highest BCUT2D eigenvalue weighted by Gasteiger charge is 2.23. The largest absolute Gasteiger partial charge is 0.350 e. The van der Waals surface area contributed by atoms with Crippen LogP contribution in [0.3, 0.4) is 0 Å². The van der Waals surface area contributed by atoms with Gasteiger partial charge in [0.1, 0.15) is 0 Å². The highest BCUT2D eigenvalue weighted by molar-refractivity contribution is 5.91. The first-order valence-corrected chi connectivity index (χ1v) is 8.52. The average Bonchev–Trinajstić information content (AvgIpc) is 3.11. The minimum absolute atomic E-state index is 0. The van der Waals surface area contributed by atoms with Crippen LogP contribution in [0.4, 0.5) is 0 Å². The Labute approximate surface area is 154 Å². The quantitative estimate of drug-likeness (QED) is 0.855. The number of nitrogens with zero attached hydrogens (tertiary/aromatic N) is 3. The van der Waals surface area contributed by atoms with E-state index in [9.17, 15) is 4.79 Å². The first-order valence-electron chi connectivity index (χ1n) is 8.52. The van der Waals surface area contributed by atoms with Crippen molar-refractivity contribution in [1.29, 1.82) is 0 Å². The number of piperidine rings is 1. The van der Waals surface area contributed by atoms with Crippen LogP contribution in [0.2, 0.25) is 0 Å². The molecule has 1 aliphatic rings. The molecule has 0 unspecified atom stereocenters. The molecule has 0 spiro atoms. The van der Waals surface area contributed by atoms with Crippen molar-refractivity contribution in [3.05, 3.63) is 47.8 Å². The lowest BCUT2D eigenvalue weighted by Crippen LogP contribution is -2.36. The van der Waals surface area contributed by atoms with Gasteiger partial charge >= 0.3 is 0 Å². The molecule has 0 saturated carbocycles. The standard InChI is InChI=1S/C18H25N5O.ClH/c1-18(2,14-6-4-3-5-7-14)13-20-17(24)16-12-23(22-21-16)15-8-10-19-11-9-15;/h3-7,12,15,19H,8-11,13H2,1-2H3,(H,20,24);1H. The summed E-state index contributed by atoms with van der Waals surface area (Å²) in [5.74, 6) is -0.167. The smallest absolute Gasteiger partial charge is 0.273 e. The number of carbonyl (C=O) groups is 1. The second-order valence-corrected chi connectivity index (χ2v) is 7.00. The van der Waals surface area contributed by atoms with Gasteiger partial charge in [-0.25, -0.2) is 4.68 Å². The molecule has 25 heavy (non-hydrogen) atoms. The molecule has 1 aromatic heterocycles. The van der Waals surface area contributed by atoms with Gasteiger partial charge in [-0.3, -0.25) is 4.79 Å². The molecule has 1 aliphatic heterocycles. The summed E-state index contributed by atoms with van der Waals surface area (Å²) in [5, 5.41) is 14.5. The van der Waals surface area contributed by atoms with Gasteiger partial charge in [0.2, 0.25) is 0 Å². The lowest BCUT2D eigenvalue weighted by molar-refractivity contribution is 0.0940. The fourth-order valence-electron chi connectivity index (χ4n) is 3.01. The molecule has 2 N–H and O–H groups in total. The lowest BCUT2D eigenvalue weighted by atomic mass is 9.84. The maximum Gasteiger partial charge on any atom is 0.273 e. The number of hydrogen-bond acceptors (Lipinski definition) is 4. The number of benzene rings is 1. The van der Waals surface area contributed by atoms with Crippen molar-refractivity contribution >= 4 is 18.3 Å². The van der Waals surface area contributed by atoms with E-state index in [0.29, 0.717) is 18.3 Å². The molecule has 0 aliphatic carbocycles. The summed E-state index contributed by atoms with van der Waals surface area (Å²) in [6.45, 7) is 6.76. The summed E-state index contributed by atoms with van der Waals surface area (Å²) >= 11 is 0. The van der Waals surface area contributed by atoms with Crippen molar-refractivity contribution < 1.29 is 4.79 Å². The topological polar surface area (TPSA) is 71.8 Å². The summed E-state index contributed by atoms with van der Waals surface area (Å²) in [7, 11) is 0. The van der Waals surface area contributed by atoms with Crippen LogP contribution >= 0.6 is 12.4 Å². The van der Waals surface area contributed by atoms with Gasteiger partial charge in [0.15, 0.2) is 5.69 Å². The predicted molar refractivity (Wildman–Crippen MR) is 100 cm³/mol. The number of amides is 1. The third kappa shape index (κ3) is 4.80. The Hall–Kier alpha value is -1.92. The van der Waals surface area contributed by atoms with Gasteiger partial charge in [0.25, 0.3) is 5.91 Å². The fourth-order valence-corrected chi connectivity index (χ4v) is 3.01. The van der Waals surface area contributed by atoms with Crippen LogP contribution in [0.15, 0.2) is 36.5 Å². The Bertz CT molecular complexity index is 680.